The molecule has 0 amide bonds. The molecule has 0 fully saturated rings. The van der Waals surface area contributed by atoms with Crippen LogP contribution in [-0.4, -0.2) is 5.78 Å². The van der Waals surface area contributed by atoms with E-state index in [1.54, 1.807) is 6.08 Å². The highest BCUT2D eigenvalue weighted by atomic mass is 16.1. The summed E-state index contributed by atoms with van der Waals surface area (Å²) in [7, 11) is 0. The van der Waals surface area contributed by atoms with E-state index in [4.69, 9.17) is 0 Å². The summed E-state index contributed by atoms with van der Waals surface area (Å²) in [6.45, 7) is 15.8. The third kappa shape index (κ3) is 4.61. The zero-order valence-electron chi connectivity index (χ0n) is 12.0. The van der Waals surface area contributed by atoms with Gasteiger partial charge in [0.25, 0.3) is 0 Å². The first-order valence-electron chi connectivity index (χ1n) is 6.21. The Morgan fingerprint density at radius 2 is 2.00 bits per heavy atom. The minimum atomic E-state index is -0.0572. The predicted molar refractivity (Wildman–Crippen MR) is 74.6 cm³/mol. The fourth-order valence-corrected chi connectivity index (χ4v) is 2.06. The molecular formula is C16H24O. The molecule has 1 atom stereocenters. The highest BCUT2D eigenvalue weighted by molar-refractivity contribution is 5.92. The van der Waals surface area contributed by atoms with E-state index in [2.05, 4.69) is 32.3 Å². The number of hydrogen-bond acceptors (Lipinski definition) is 1. The number of hydrogen-bond donors (Lipinski definition) is 0. The monoisotopic (exact) mass is 232 g/mol. The van der Waals surface area contributed by atoms with Crippen molar-refractivity contribution in [2.45, 2.75) is 48.0 Å². The van der Waals surface area contributed by atoms with Crippen molar-refractivity contribution in [3.8, 4) is 11.8 Å². The van der Waals surface area contributed by atoms with Crippen LogP contribution in [0.4, 0.5) is 0 Å². The Balaban J connectivity index is 0.00000121. The largest absolute Gasteiger partial charge is 0.295 e. The van der Waals surface area contributed by atoms with Crippen molar-refractivity contribution < 1.29 is 4.79 Å². The highest BCUT2D eigenvalue weighted by Crippen LogP contribution is 2.39. The van der Waals surface area contributed by atoms with Crippen LogP contribution in [0, 0.1) is 23.2 Å². The van der Waals surface area contributed by atoms with Gasteiger partial charge in [0.2, 0.25) is 0 Å². The molecule has 1 heteroatoms. The molecule has 17 heavy (non-hydrogen) atoms. The molecule has 0 spiro atoms. The number of carbonyl (C=O) groups excluding carboxylic acids is 1. The summed E-state index contributed by atoms with van der Waals surface area (Å²) in [5.41, 5.74) is 1.89. The van der Waals surface area contributed by atoms with Crippen LogP contribution in [0.1, 0.15) is 48.0 Å². The van der Waals surface area contributed by atoms with Crippen LogP contribution >= 0.6 is 0 Å². The second kappa shape index (κ2) is 6.45. The van der Waals surface area contributed by atoms with Crippen LogP contribution < -0.4 is 0 Å². The first kappa shape index (κ1) is 15.7. The SMILES string of the molecule is C=C(C)C#CC1C(C)=CC(=O)CC1(C)C.CC. The fraction of sp³-hybridized carbons (Fsp3) is 0.562. The molecule has 0 N–H and O–H groups in total. The van der Waals surface area contributed by atoms with Crippen LogP contribution in [0.2, 0.25) is 0 Å². The second-order valence-corrected chi connectivity index (χ2v) is 5.00. The van der Waals surface area contributed by atoms with Crippen molar-refractivity contribution in [1.82, 2.24) is 0 Å². The molecule has 0 aliphatic heterocycles. The summed E-state index contributed by atoms with van der Waals surface area (Å²) in [6, 6.07) is 0. The summed E-state index contributed by atoms with van der Waals surface area (Å²) in [4.78, 5) is 11.4. The Morgan fingerprint density at radius 3 is 2.41 bits per heavy atom. The molecule has 0 aromatic carbocycles. The Labute approximate surface area is 106 Å². The molecule has 94 valence electrons. The lowest BCUT2D eigenvalue weighted by Gasteiger charge is -2.34. The van der Waals surface area contributed by atoms with Crippen LogP contribution in [-0.2, 0) is 4.79 Å². The minimum Gasteiger partial charge on any atom is -0.295 e. The summed E-state index contributed by atoms with van der Waals surface area (Å²) in [5, 5.41) is 0. The van der Waals surface area contributed by atoms with Crippen molar-refractivity contribution in [2.75, 3.05) is 0 Å². The van der Waals surface area contributed by atoms with Gasteiger partial charge in [-0.25, -0.2) is 0 Å². The van der Waals surface area contributed by atoms with E-state index in [-0.39, 0.29) is 17.1 Å². The maximum absolute atomic E-state index is 11.4. The molecule has 1 aliphatic rings. The van der Waals surface area contributed by atoms with E-state index < -0.39 is 0 Å². The molecule has 1 rings (SSSR count). The standard InChI is InChI=1S/C14H18O.C2H6/c1-10(2)6-7-13-11(3)8-12(15)9-14(13,4)5;1-2/h8,13H,1,9H2,2-5H3;1-2H3. The van der Waals surface area contributed by atoms with Crippen LogP contribution in [0.3, 0.4) is 0 Å². The Morgan fingerprint density at radius 1 is 1.47 bits per heavy atom. The summed E-state index contributed by atoms with van der Waals surface area (Å²) < 4.78 is 0. The van der Waals surface area contributed by atoms with Gasteiger partial charge in [0.05, 0.1) is 0 Å². The van der Waals surface area contributed by atoms with Gasteiger partial charge >= 0.3 is 0 Å². The van der Waals surface area contributed by atoms with Gasteiger partial charge < -0.3 is 0 Å². The summed E-state index contributed by atoms with van der Waals surface area (Å²) >= 11 is 0. The average Bonchev–Trinajstić information content (AvgIpc) is 2.17. The number of carbonyl (C=O) groups is 1. The van der Waals surface area contributed by atoms with Crippen LogP contribution in [0.15, 0.2) is 23.8 Å². The highest BCUT2D eigenvalue weighted by Gasteiger charge is 2.34. The lowest BCUT2D eigenvalue weighted by Crippen LogP contribution is -2.30. The second-order valence-electron chi connectivity index (χ2n) is 5.00. The predicted octanol–water partition coefficient (Wildman–Crippen LogP) is 4.15. The number of rotatable bonds is 0. The zero-order valence-corrected chi connectivity index (χ0v) is 12.0. The van der Waals surface area contributed by atoms with Gasteiger partial charge in [-0.1, -0.05) is 51.7 Å². The van der Waals surface area contributed by atoms with Gasteiger partial charge in [0.15, 0.2) is 5.78 Å². The van der Waals surface area contributed by atoms with E-state index in [0.717, 1.165) is 11.1 Å². The molecule has 1 unspecified atom stereocenters. The van der Waals surface area contributed by atoms with Crippen molar-refractivity contribution in [1.29, 1.82) is 0 Å². The first-order valence-corrected chi connectivity index (χ1v) is 6.21. The zero-order chi connectivity index (χ0) is 13.6. The Hall–Kier alpha value is -1.29. The van der Waals surface area contributed by atoms with Crippen molar-refractivity contribution in [3.63, 3.8) is 0 Å². The van der Waals surface area contributed by atoms with Gasteiger partial charge in [0, 0.05) is 12.3 Å². The maximum Gasteiger partial charge on any atom is 0.156 e. The van der Waals surface area contributed by atoms with E-state index in [9.17, 15) is 4.79 Å². The molecule has 0 radical (unpaired) electrons. The minimum absolute atomic E-state index is 0.0572. The summed E-state index contributed by atoms with van der Waals surface area (Å²) in [5.74, 6) is 6.62. The van der Waals surface area contributed by atoms with Gasteiger partial charge in [0.1, 0.15) is 0 Å². The van der Waals surface area contributed by atoms with Crippen LogP contribution in [0.25, 0.3) is 0 Å². The average molecular weight is 232 g/mol. The first-order chi connectivity index (χ1) is 7.83. The molecule has 1 aliphatic carbocycles. The van der Waals surface area contributed by atoms with Crippen molar-refractivity contribution >= 4 is 5.78 Å². The van der Waals surface area contributed by atoms with E-state index in [1.807, 2.05) is 27.7 Å². The third-order valence-corrected chi connectivity index (χ3v) is 2.69. The smallest absolute Gasteiger partial charge is 0.156 e. The topological polar surface area (TPSA) is 17.1 Å². The maximum atomic E-state index is 11.4. The quantitative estimate of drug-likeness (QED) is 0.573. The van der Waals surface area contributed by atoms with Gasteiger partial charge in [-0.2, -0.15) is 0 Å². The van der Waals surface area contributed by atoms with Crippen LogP contribution in [0.5, 0.6) is 0 Å². The molecule has 0 aromatic heterocycles. The molecule has 0 heterocycles. The van der Waals surface area contributed by atoms with Gasteiger partial charge in [-0.15, -0.1) is 0 Å². The van der Waals surface area contributed by atoms with Crippen molar-refractivity contribution in [2.24, 2.45) is 11.3 Å². The van der Waals surface area contributed by atoms with E-state index in [0.29, 0.717) is 6.42 Å². The van der Waals surface area contributed by atoms with Gasteiger partial charge in [-0.05, 0) is 30.9 Å². The molecule has 0 saturated heterocycles. The molecule has 1 nitrogen and oxygen atoms in total. The lowest BCUT2D eigenvalue weighted by atomic mass is 9.68. The fourth-order valence-electron chi connectivity index (χ4n) is 2.06. The molecular weight excluding hydrogens is 208 g/mol. The molecule has 0 aromatic rings. The Bertz CT molecular complexity index is 385. The van der Waals surface area contributed by atoms with Gasteiger partial charge in [-0.3, -0.25) is 4.79 Å². The molecule has 0 bridgehead atoms. The Kier molecular flexibility index (Phi) is 5.96. The summed E-state index contributed by atoms with van der Waals surface area (Å²) in [6.07, 6.45) is 2.31. The third-order valence-electron chi connectivity index (χ3n) is 2.69. The van der Waals surface area contributed by atoms with E-state index in [1.165, 1.54) is 0 Å². The number of ketones is 1. The lowest BCUT2D eigenvalue weighted by molar-refractivity contribution is -0.117. The number of allylic oxidation sites excluding steroid dienone is 3. The molecule has 0 saturated carbocycles. The van der Waals surface area contributed by atoms with Crippen molar-refractivity contribution in [3.05, 3.63) is 23.8 Å². The normalized spacial score (nSPS) is 21.4. The van der Waals surface area contributed by atoms with E-state index >= 15 is 0 Å².